The summed E-state index contributed by atoms with van der Waals surface area (Å²) < 4.78 is 25.6. The van der Waals surface area contributed by atoms with Crippen LogP contribution in [-0.2, 0) is 16.6 Å². The topological polar surface area (TPSA) is 58.2 Å². The number of hydrogen-bond acceptors (Lipinski definition) is 4. The molecule has 1 heterocycles. The highest BCUT2D eigenvalue weighted by atomic mass is 32.2. The third-order valence-corrected chi connectivity index (χ3v) is 5.75. The van der Waals surface area contributed by atoms with Gasteiger partial charge < -0.3 is 5.32 Å². The molecule has 1 aromatic heterocycles. The van der Waals surface area contributed by atoms with Crippen LogP contribution in [0, 0.1) is 6.92 Å². The van der Waals surface area contributed by atoms with Gasteiger partial charge in [0.1, 0.15) is 0 Å². The minimum atomic E-state index is -3.21. The van der Waals surface area contributed by atoms with E-state index in [1.165, 1.54) is 9.75 Å². The number of thiophene rings is 1. The Bertz CT molecular complexity index is 706. The van der Waals surface area contributed by atoms with Crippen LogP contribution < -0.4 is 10.0 Å². The fraction of sp³-hybridized carbons (Fsp3) is 0.375. The Hall–Kier alpha value is -1.37. The summed E-state index contributed by atoms with van der Waals surface area (Å²) in [6.07, 6.45) is 0. The van der Waals surface area contributed by atoms with Crippen molar-refractivity contribution in [3.8, 4) is 0 Å². The van der Waals surface area contributed by atoms with Crippen LogP contribution in [0.25, 0.3) is 0 Å². The first kappa shape index (κ1) is 17.0. The Morgan fingerprint density at radius 1 is 1.14 bits per heavy atom. The second-order valence-corrected chi connectivity index (χ2v) is 8.63. The Labute approximate surface area is 136 Å². The molecule has 0 aliphatic rings. The monoisotopic (exact) mass is 338 g/mol. The largest absolute Gasteiger partial charge is 0.305 e. The lowest BCUT2D eigenvalue weighted by atomic mass is 10.1. The van der Waals surface area contributed by atoms with Crippen LogP contribution in [0.2, 0.25) is 0 Å². The van der Waals surface area contributed by atoms with E-state index in [-0.39, 0.29) is 11.8 Å². The molecule has 0 amide bonds. The first-order valence-electron chi connectivity index (χ1n) is 7.29. The molecule has 0 saturated heterocycles. The number of benzene rings is 1. The van der Waals surface area contributed by atoms with E-state index in [4.69, 9.17) is 0 Å². The average Bonchev–Trinajstić information content (AvgIpc) is 2.91. The molecule has 1 aromatic carbocycles. The molecule has 2 aromatic rings. The molecule has 0 saturated carbocycles. The Balaban J connectivity index is 1.94. The van der Waals surface area contributed by atoms with Gasteiger partial charge in [0.2, 0.25) is 10.0 Å². The second kappa shape index (κ2) is 7.26. The smallest absolute Gasteiger partial charge is 0.232 e. The van der Waals surface area contributed by atoms with Gasteiger partial charge in [-0.3, -0.25) is 4.72 Å². The highest BCUT2D eigenvalue weighted by molar-refractivity contribution is 7.92. The van der Waals surface area contributed by atoms with Gasteiger partial charge in [0.15, 0.2) is 0 Å². The highest BCUT2D eigenvalue weighted by Gasteiger charge is 2.09. The van der Waals surface area contributed by atoms with Crippen LogP contribution in [0.15, 0.2) is 36.4 Å². The maximum absolute atomic E-state index is 11.5. The Morgan fingerprint density at radius 3 is 2.36 bits per heavy atom. The molecule has 22 heavy (non-hydrogen) atoms. The summed E-state index contributed by atoms with van der Waals surface area (Å²) in [6.45, 7) is 6.66. The van der Waals surface area contributed by atoms with Gasteiger partial charge in [-0.15, -0.1) is 11.3 Å². The average molecular weight is 338 g/mol. The molecule has 0 spiro atoms. The lowest BCUT2D eigenvalue weighted by molar-refractivity contribution is 0.579. The van der Waals surface area contributed by atoms with Gasteiger partial charge in [0.05, 0.1) is 5.75 Å². The molecular weight excluding hydrogens is 316 g/mol. The molecule has 6 heteroatoms. The van der Waals surface area contributed by atoms with Crippen LogP contribution in [0.4, 0.5) is 5.69 Å². The van der Waals surface area contributed by atoms with Gasteiger partial charge in [-0.2, -0.15) is 0 Å². The fourth-order valence-corrected chi connectivity index (χ4v) is 3.52. The lowest BCUT2D eigenvalue weighted by Crippen LogP contribution is -2.18. The van der Waals surface area contributed by atoms with Gasteiger partial charge in [-0.25, -0.2) is 8.42 Å². The van der Waals surface area contributed by atoms with Crippen molar-refractivity contribution in [2.75, 3.05) is 10.5 Å². The lowest BCUT2D eigenvalue weighted by Gasteiger charge is -2.14. The Morgan fingerprint density at radius 2 is 1.82 bits per heavy atom. The van der Waals surface area contributed by atoms with E-state index in [1.807, 2.05) is 12.1 Å². The number of anilines is 1. The zero-order valence-corrected chi connectivity index (χ0v) is 14.7. The van der Waals surface area contributed by atoms with Crippen molar-refractivity contribution < 1.29 is 8.42 Å². The van der Waals surface area contributed by atoms with Gasteiger partial charge in [0.25, 0.3) is 0 Å². The van der Waals surface area contributed by atoms with Crippen molar-refractivity contribution in [3.05, 3.63) is 51.7 Å². The van der Waals surface area contributed by atoms with Gasteiger partial charge in [0, 0.05) is 28.0 Å². The van der Waals surface area contributed by atoms with E-state index in [1.54, 1.807) is 30.4 Å². The van der Waals surface area contributed by atoms with Gasteiger partial charge in [-0.1, -0.05) is 12.1 Å². The molecule has 1 unspecified atom stereocenters. The fourth-order valence-electron chi connectivity index (χ4n) is 2.04. The van der Waals surface area contributed by atoms with Crippen LogP contribution in [0.5, 0.6) is 0 Å². The van der Waals surface area contributed by atoms with Gasteiger partial charge >= 0.3 is 0 Å². The zero-order valence-electron chi connectivity index (χ0n) is 13.1. The zero-order chi connectivity index (χ0) is 16.2. The summed E-state index contributed by atoms with van der Waals surface area (Å²) in [5.74, 6) is 0.0763. The third kappa shape index (κ3) is 4.83. The van der Waals surface area contributed by atoms with E-state index in [0.717, 1.165) is 12.1 Å². The molecular formula is C16H22N2O2S2. The van der Waals surface area contributed by atoms with E-state index >= 15 is 0 Å². The SMILES string of the molecule is CCS(=O)(=O)Nc1ccc(C(C)NCc2ccc(C)s2)cc1. The predicted octanol–water partition coefficient (Wildman–Crippen LogP) is 3.67. The van der Waals surface area contributed by atoms with Crippen LogP contribution in [0.1, 0.15) is 35.2 Å². The Kier molecular flexibility index (Phi) is 5.61. The minimum absolute atomic E-state index is 0.0763. The number of hydrogen-bond donors (Lipinski definition) is 2. The molecule has 0 aliphatic heterocycles. The molecule has 2 N–H and O–H groups in total. The van der Waals surface area contributed by atoms with Crippen LogP contribution in [0.3, 0.4) is 0 Å². The van der Waals surface area contributed by atoms with E-state index in [9.17, 15) is 8.42 Å². The minimum Gasteiger partial charge on any atom is -0.305 e. The number of nitrogens with one attached hydrogen (secondary N) is 2. The van der Waals surface area contributed by atoms with Crippen molar-refractivity contribution in [1.29, 1.82) is 0 Å². The first-order chi connectivity index (χ1) is 10.4. The third-order valence-electron chi connectivity index (χ3n) is 3.44. The molecule has 0 radical (unpaired) electrons. The number of aryl methyl sites for hydroxylation is 1. The number of sulfonamides is 1. The van der Waals surface area contributed by atoms with Crippen LogP contribution >= 0.6 is 11.3 Å². The summed E-state index contributed by atoms with van der Waals surface area (Å²) in [4.78, 5) is 2.63. The maximum Gasteiger partial charge on any atom is 0.232 e. The van der Waals surface area contributed by atoms with E-state index in [0.29, 0.717) is 5.69 Å². The van der Waals surface area contributed by atoms with Crippen molar-refractivity contribution in [1.82, 2.24) is 5.32 Å². The maximum atomic E-state index is 11.5. The number of rotatable bonds is 7. The van der Waals surface area contributed by atoms with E-state index < -0.39 is 10.0 Å². The van der Waals surface area contributed by atoms with Crippen molar-refractivity contribution in [2.45, 2.75) is 33.4 Å². The summed E-state index contributed by atoms with van der Waals surface area (Å²) in [6, 6.07) is 12.0. The van der Waals surface area contributed by atoms with Crippen molar-refractivity contribution >= 4 is 27.0 Å². The normalized spacial score (nSPS) is 13.0. The second-order valence-electron chi connectivity index (χ2n) is 5.24. The molecule has 0 bridgehead atoms. The van der Waals surface area contributed by atoms with Crippen molar-refractivity contribution in [2.24, 2.45) is 0 Å². The van der Waals surface area contributed by atoms with E-state index in [2.05, 4.69) is 36.0 Å². The summed E-state index contributed by atoms with van der Waals surface area (Å²) >= 11 is 1.80. The molecule has 2 rings (SSSR count). The summed E-state index contributed by atoms with van der Waals surface area (Å²) in [5, 5.41) is 3.48. The molecule has 0 aliphatic carbocycles. The van der Waals surface area contributed by atoms with Crippen LogP contribution in [-0.4, -0.2) is 14.2 Å². The molecule has 0 fully saturated rings. The molecule has 1 atom stereocenters. The summed E-state index contributed by atoms with van der Waals surface area (Å²) in [5.41, 5.74) is 1.74. The molecule has 120 valence electrons. The first-order valence-corrected chi connectivity index (χ1v) is 9.75. The van der Waals surface area contributed by atoms with Gasteiger partial charge in [-0.05, 0) is 50.6 Å². The van der Waals surface area contributed by atoms with Crippen molar-refractivity contribution in [3.63, 3.8) is 0 Å². The molecule has 4 nitrogen and oxygen atoms in total. The quantitative estimate of drug-likeness (QED) is 0.810. The summed E-state index contributed by atoms with van der Waals surface area (Å²) in [7, 11) is -3.21. The highest BCUT2D eigenvalue weighted by Crippen LogP contribution is 2.19. The predicted molar refractivity (Wildman–Crippen MR) is 93.8 cm³/mol. The standard InChI is InChI=1S/C16H22N2O2S2/c1-4-22(19,20)18-15-8-6-14(7-9-15)13(3)17-11-16-10-5-12(2)21-16/h5-10,13,17-18H,4,11H2,1-3H3.